The van der Waals surface area contributed by atoms with Crippen molar-refractivity contribution < 1.29 is 49.0 Å². The van der Waals surface area contributed by atoms with Crippen LogP contribution >= 0.6 is 0 Å². The normalized spacial score (nSPS) is 14.8. The van der Waals surface area contributed by atoms with Gasteiger partial charge in [0.2, 0.25) is 5.95 Å². The predicted molar refractivity (Wildman–Crippen MR) is 155 cm³/mol. The van der Waals surface area contributed by atoms with E-state index in [0.717, 1.165) is 35.0 Å². The van der Waals surface area contributed by atoms with Crippen molar-refractivity contribution in [1.82, 2.24) is 19.7 Å². The Hall–Kier alpha value is -4.26. The fourth-order valence-corrected chi connectivity index (χ4v) is 4.91. The number of hydrogen-bond donors (Lipinski definition) is 1. The number of ketones is 1. The Morgan fingerprint density at radius 3 is 2.38 bits per heavy atom. The van der Waals surface area contributed by atoms with Gasteiger partial charge in [0.15, 0.2) is 5.78 Å². The van der Waals surface area contributed by atoms with Gasteiger partial charge < -0.3 is 31.5 Å². The molecule has 11 nitrogen and oxygen atoms in total. The fourth-order valence-electron chi connectivity index (χ4n) is 4.91. The molecule has 0 fully saturated rings. The van der Waals surface area contributed by atoms with E-state index >= 15 is 0 Å². The van der Waals surface area contributed by atoms with Crippen molar-refractivity contribution >= 4 is 23.4 Å². The van der Waals surface area contributed by atoms with Crippen molar-refractivity contribution in [3.63, 3.8) is 0 Å². The van der Waals surface area contributed by atoms with Crippen LogP contribution in [0.4, 0.5) is 24.8 Å². The fraction of sp³-hybridized carbons (Fsp3) is 0.367. The molecule has 45 heavy (non-hydrogen) atoms. The number of ether oxygens (including phenoxy) is 1. The molecular weight excluding hydrogens is 659 g/mol. The molecule has 15 heteroatoms. The summed E-state index contributed by atoms with van der Waals surface area (Å²) in [6.45, 7) is 2.37. The number of Topliss-reactive ketones (excluding diaryl/α,β-unsaturated/α-hetero) is 1. The Labute approximate surface area is 268 Å². The molecule has 0 spiro atoms. The number of carbonyl (C=O) groups excluding carboxylic acids is 2. The van der Waals surface area contributed by atoms with Crippen molar-refractivity contribution in [2.75, 3.05) is 52.8 Å². The van der Waals surface area contributed by atoms with Crippen LogP contribution in [0.1, 0.15) is 29.7 Å². The third kappa shape index (κ3) is 7.70. The van der Waals surface area contributed by atoms with Crippen LogP contribution in [0, 0.1) is 11.3 Å². The molecule has 2 heterocycles. The first-order valence-electron chi connectivity index (χ1n) is 13.6. The first kappa shape index (κ1) is 35.2. The van der Waals surface area contributed by atoms with E-state index in [-0.39, 0.29) is 52.2 Å². The van der Waals surface area contributed by atoms with Crippen molar-refractivity contribution in [3.8, 4) is 6.07 Å². The van der Waals surface area contributed by atoms with E-state index < -0.39 is 36.0 Å². The zero-order valence-electron chi connectivity index (χ0n) is 25.4. The lowest BCUT2D eigenvalue weighted by Gasteiger charge is -2.35. The minimum Gasteiger partial charge on any atom is -1.00 e. The van der Waals surface area contributed by atoms with E-state index in [2.05, 4.69) is 10.4 Å². The van der Waals surface area contributed by atoms with Gasteiger partial charge in [0, 0.05) is 17.9 Å². The maximum Gasteiger partial charge on any atom is 0.416 e. The summed E-state index contributed by atoms with van der Waals surface area (Å²) in [6.07, 6.45) is -4.66. The van der Waals surface area contributed by atoms with Crippen LogP contribution in [-0.2, 0) is 27.0 Å². The molecule has 0 amide bonds. The molecule has 0 aliphatic carbocycles. The van der Waals surface area contributed by atoms with Crippen LogP contribution in [0.3, 0.4) is 0 Å². The summed E-state index contributed by atoms with van der Waals surface area (Å²) >= 11 is 0. The van der Waals surface area contributed by atoms with E-state index in [1.807, 2.05) is 27.2 Å². The number of halogens is 4. The molecular formula is C30H33BrF3N7O4. The highest BCUT2D eigenvalue weighted by Gasteiger charge is 2.41. The maximum atomic E-state index is 13.9. The molecule has 3 aromatic rings. The zero-order chi connectivity index (χ0) is 32.4. The number of alkyl halides is 3. The molecule has 0 bridgehead atoms. The Kier molecular flexibility index (Phi) is 10.8. The van der Waals surface area contributed by atoms with Crippen molar-refractivity contribution in [3.05, 3.63) is 87.0 Å². The number of methoxy groups -OCH3 is 1. The summed E-state index contributed by atoms with van der Waals surface area (Å²) in [4.78, 5) is 41.4. The molecule has 1 N–H and O–H groups in total. The molecule has 2 aromatic carbocycles. The molecule has 240 valence electrons. The molecule has 1 aliphatic rings. The number of nitrogens with one attached hydrogen (secondary N) is 1. The van der Waals surface area contributed by atoms with Gasteiger partial charge in [-0.1, -0.05) is 18.2 Å². The number of esters is 1. The van der Waals surface area contributed by atoms with Gasteiger partial charge in [-0.2, -0.15) is 18.4 Å². The molecule has 1 unspecified atom stereocenters. The third-order valence-corrected chi connectivity index (χ3v) is 7.11. The number of fused-ring (bicyclic) bond motifs is 1. The summed E-state index contributed by atoms with van der Waals surface area (Å²) in [6, 6.07) is 11.4. The Morgan fingerprint density at radius 1 is 1.13 bits per heavy atom. The molecule has 1 atom stereocenters. The van der Waals surface area contributed by atoms with Gasteiger partial charge in [-0.3, -0.25) is 9.69 Å². The SMILES string of the molecule is COC(=O)C1=C(C)N(c2cccc(C(F)(F)F)c2)c2nn(CC(=O)CNCC[N+](C)(C)C)c(=O)n2C1c1ccc(C#N)cc1.[Br-]. The maximum absolute atomic E-state index is 13.9. The third-order valence-electron chi connectivity index (χ3n) is 7.11. The molecule has 1 aliphatic heterocycles. The van der Waals surface area contributed by atoms with Gasteiger partial charge >= 0.3 is 17.8 Å². The number of nitriles is 1. The molecule has 0 saturated heterocycles. The van der Waals surface area contributed by atoms with Crippen molar-refractivity contribution in [1.29, 1.82) is 5.26 Å². The number of hydrogen-bond acceptors (Lipinski definition) is 8. The molecule has 0 radical (unpaired) electrons. The van der Waals surface area contributed by atoms with E-state index in [9.17, 15) is 32.8 Å². The smallest absolute Gasteiger partial charge is 0.416 e. The largest absolute Gasteiger partial charge is 1.00 e. The number of nitrogens with zero attached hydrogens (tertiary/aromatic N) is 6. The summed E-state index contributed by atoms with van der Waals surface area (Å²) < 4.78 is 48.9. The predicted octanol–water partition coefficient (Wildman–Crippen LogP) is -0.00772. The number of aromatic nitrogens is 3. The topological polar surface area (TPSA) is 122 Å². The van der Waals surface area contributed by atoms with E-state index in [4.69, 9.17) is 4.74 Å². The van der Waals surface area contributed by atoms with E-state index in [1.165, 1.54) is 36.1 Å². The van der Waals surface area contributed by atoms with Gasteiger partial charge in [-0.05, 0) is 42.8 Å². The van der Waals surface area contributed by atoms with Gasteiger partial charge in [0.25, 0.3) is 0 Å². The number of quaternary nitrogens is 1. The van der Waals surface area contributed by atoms with Crippen LogP contribution in [0.15, 0.2) is 64.6 Å². The molecule has 4 rings (SSSR count). The van der Waals surface area contributed by atoms with Crippen LogP contribution in [0.5, 0.6) is 0 Å². The van der Waals surface area contributed by atoms with Crippen LogP contribution < -0.4 is 32.9 Å². The van der Waals surface area contributed by atoms with E-state index in [0.29, 0.717) is 22.2 Å². The average molecular weight is 693 g/mol. The lowest BCUT2D eigenvalue weighted by Crippen LogP contribution is -3.00. The van der Waals surface area contributed by atoms with Crippen molar-refractivity contribution in [2.45, 2.75) is 25.7 Å². The Bertz CT molecular complexity index is 1700. The summed E-state index contributed by atoms with van der Waals surface area (Å²) in [5, 5.41) is 16.7. The monoisotopic (exact) mass is 691 g/mol. The Morgan fingerprint density at radius 2 is 1.80 bits per heavy atom. The summed E-state index contributed by atoms with van der Waals surface area (Å²) in [5.74, 6) is -1.27. The number of rotatable bonds is 10. The Balaban J connectivity index is 0.00000552. The van der Waals surface area contributed by atoms with Gasteiger partial charge in [0.1, 0.15) is 12.6 Å². The second-order valence-corrected chi connectivity index (χ2v) is 11.4. The lowest BCUT2D eigenvalue weighted by atomic mass is 9.93. The van der Waals surface area contributed by atoms with Gasteiger partial charge in [-0.15, -0.1) is 5.10 Å². The highest BCUT2D eigenvalue weighted by molar-refractivity contribution is 5.93. The first-order chi connectivity index (χ1) is 20.7. The van der Waals surface area contributed by atoms with Gasteiger partial charge in [-0.25, -0.2) is 18.8 Å². The van der Waals surface area contributed by atoms with E-state index in [1.54, 1.807) is 12.1 Å². The minimum atomic E-state index is -4.66. The highest BCUT2D eigenvalue weighted by atomic mass is 79.9. The molecule has 0 saturated carbocycles. The quantitative estimate of drug-likeness (QED) is 0.179. The van der Waals surface area contributed by atoms with Gasteiger partial charge in [0.05, 0.1) is 64.1 Å². The number of benzene rings is 2. The van der Waals surface area contributed by atoms with Crippen LogP contribution in [0.25, 0.3) is 0 Å². The number of likely N-dealkylation sites (N-methyl/N-ethyl adjacent to an activating group) is 1. The summed E-state index contributed by atoms with van der Waals surface area (Å²) in [5.41, 5.74) is -0.824. The first-order valence-corrected chi connectivity index (χ1v) is 13.6. The number of allylic oxidation sites excluding steroid dienone is 1. The second kappa shape index (κ2) is 13.8. The second-order valence-electron chi connectivity index (χ2n) is 11.4. The average Bonchev–Trinajstić information content (AvgIpc) is 3.28. The summed E-state index contributed by atoms with van der Waals surface area (Å²) in [7, 11) is 7.19. The van der Waals surface area contributed by atoms with Crippen molar-refractivity contribution in [2.24, 2.45) is 0 Å². The number of anilines is 2. The zero-order valence-corrected chi connectivity index (χ0v) is 26.9. The lowest BCUT2D eigenvalue weighted by molar-refractivity contribution is -0.869. The minimum absolute atomic E-state index is 0. The van der Waals surface area contributed by atoms with Crippen LogP contribution in [0.2, 0.25) is 0 Å². The number of carbonyl (C=O) groups is 2. The van der Waals surface area contributed by atoms with Crippen LogP contribution in [-0.4, -0.2) is 78.5 Å². The molecule has 1 aromatic heterocycles. The highest BCUT2D eigenvalue weighted by Crippen LogP contribution is 2.43. The standard InChI is InChI=1S/C30H33F3N7O4.BrH/c1-19-25(27(42)44-5)26(21-11-9-20(16-34)10-12-21)39-28(38(19)23-8-6-7-22(15-23)30(31,32)33)36-37(29(39)43)18-24(41)17-35-13-14-40(2,3)4;/h6-12,15,26,35H,13-14,17-18H2,1-5H3;1H/q+1;/p-1.